The number of aliphatic hydroxyl groups is 1. The Hall–Kier alpha value is -3.50. The lowest BCUT2D eigenvalue weighted by atomic mass is 10.1. The number of thiazole rings is 1. The quantitative estimate of drug-likeness (QED) is 0.457. The van der Waals surface area contributed by atoms with Crippen molar-refractivity contribution >= 4 is 38.0 Å². The second-order valence-corrected chi connectivity index (χ2v) is 11.0. The van der Waals surface area contributed by atoms with E-state index in [1.54, 1.807) is 43.3 Å². The molecule has 0 radical (unpaired) electrons. The number of carbonyl (C=O) groups excluding carboxylic acids is 2. The highest BCUT2D eigenvalue weighted by molar-refractivity contribution is 7.95. The molecule has 0 saturated carbocycles. The maximum atomic E-state index is 13.8. The number of aliphatic hydroxyl groups excluding tert-OH is 1. The fraction of sp³-hybridized carbons (Fsp3) is 0.240. The number of anilines is 1. The number of ether oxygens (including phenoxy) is 1. The van der Waals surface area contributed by atoms with Gasteiger partial charge in [-0.15, -0.1) is 0 Å². The van der Waals surface area contributed by atoms with E-state index < -0.39 is 32.5 Å². The summed E-state index contributed by atoms with van der Waals surface area (Å²) >= 11 is 0.975. The molecule has 2 aromatic carbocycles. The minimum atomic E-state index is -4.28. The first-order valence-corrected chi connectivity index (χ1v) is 13.2. The molecule has 8 nitrogen and oxygen atoms in total. The highest BCUT2D eigenvalue weighted by Gasteiger charge is 2.49. The lowest BCUT2D eigenvalue weighted by molar-refractivity contribution is -0.117. The molecule has 0 bridgehead atoms. The Bertz CT molecular complexity index is 1460. The molecule has 35 heavy (non-hydrogen) atoms. The Kier molecular flexibility index (Phi) is 6.52. The molecule has 3 aromatic rings. The van der Waals surface area contributed by atoms with Gasteiger partial charge in [-0.25, -0.2) is 13.4 Å². The third kappa shape index (κ3) is 4.35. The van der Waals surface area contributed by atoms with Crippen LogP contribution in [0.5, 0.6) is 5.75 Å². The van der Waals surface area contributed by atoms with Crippen molar-refractivity contribution in [2.45, 2.75) is 38.6 Å². The zero-order chi connectivity index (χ0) is 25.5. The van der Waals surface area contributed by atoms with E-state index in [0.717, 1.165) is 21.8 Å². The van der Waals surface area contributed by atoms with Crippen molar-refractivity contribution in [1.29, 1.82) is 0 Å². The van der Waals surface area contributed by atoms with Crippen molar-refractivity contribution in [3.05, 3.63) is 80.9 Å². The van der Waals surface area contributed by atoms with E-state index in [-0.39, 0.29) is 15.8 Å². The average molecular weight is 513 g/mol. The van der Waals surface area contributed by atoms with Crippen LogP contribution in [0.3, 0.4) is 0 Å². The third-order valence-corrected chi connectivity index (χ3v) is 8.72. The fourth-order valence-electron chi connectivity index (χ4n) is 3.95. The molecule has 1 aliphatic rings. The van der Waals surface area contributed by atoms with Gasteiger partial charge in [-0.2, -0.15) is 0 Å². The van der Waals surface area contributed by atoms with Crippen LogP contribution in [0.4, 0.5) is 5.13 Å². The van der Waals surface area contributed by atoms with E-state index in [0.29, 0.717) is 28.5 Å². The molecule has 0 saturated heterocycles. The molecule has 1 atom stereocenters. The maximum absolute atomic E-state index is 13.8. The molecule has 1 aliphatic heterocycles. The lowest BCUT2D eigenvalue weighted by Crippen LogP contribution is -2.31. The summed E-state index contributed by atoms with van der Waals surface area (Å²) in [4.78, 5) is 30.7. The Morgan fingerprint density at radius 2 is 1.86 bits per heavy atom. The molecule has 1 amide bonds. The molecular formula is C25H24N2O6S2. The van der Waals surface area contributed by atoms with E-state index in [1.165, 1.54) is 19.1 Å². The van der Waals surface area contributed by atoms with Crippen LogP contribution in [0.15, 0.2) is 64.1 Å². The minimum Gasteiger partial charge on any atom is -0.502 e. The van der Waals surface area contributed by atoms with Gasteiger partial charge >= 0.3 is 0 Å². The van der Waals surface area contributed by atoms with Gasteiger partial charge in [-0.3, -0.25) is 14.5 Å². The van der Waals surface area contributed by atoms with Gasteiger partial charge in [0, 0.05) is 6.92 Å². The molecule has 182 valence electrons. The molecule has 0 spiro atoms. The number of Topliss-reactive ketones (excluding diaryl/α,β-unsaturated/α-hetero) is 1. The van der Waals surface area contributed by atoms with Gasteiger partial charge in [0.15, 0.2) is 16.7 Å². The summed E-state index contributed by atoms with van der Waals surface area (Å²) in [6.45, 7) is 7.06. The summed E-state index contributed by atoms with van der Waals surface area (Å²) in [6.07, 6.45) is 0. The van der Waals surface area contributed by atoms with Crippen LogP contribution >= 0.6 is 11.3 Å². The van der Waals surface area contributed by atoms with Crippen molar-refractivity contribution in [1.82, 2.24) is 4.98 Å². The number of rotatable bonds is 7. The van der Waals surface area contributed by atoms with Crippen LogP contribution in [0.2, 0.25) is 0 Å². The largest absolute Gasteiger partial charge is 0.502 e. The highest BCUT2D eigenvalue weighted by Crippen LogP contribution is 2.46. The predicted octanol–water partition coefficient (Wildman–Crippen LogP) is 4.69. The molecule has 1 N–H and O–H groups in total. The van der Waals surface area contributed by atoms with Crippen molar-refractivity contribution < 1.29 is 27.9 Å². The summed E-state index contributed by atoms with van der Waals surface area (Å²) in [5.74, 6) is -1.53. The van der Waals surface area contributed by atoms with Crippen LogP contribution < -0.4 is 9.64 Å². The molecule has 2 heterocycles. The van der Waals surface area contributed by atoms with Gasteiger partial charge in [-0.1, -0.05) is 41.2 Å². The summed E-state index contributed by atoms with van der Waals surface area (Å²) in [7, 11) is -4.28. The van der Waals surface area contributed by atoms with Crippen molar-refractivity contribution in [2.24, 2.45) is 0 Å². The van der Waals surface area contributed by atoms with Gasteiger partial charge in [0.2, 0.25) is 9.84 Å². The summed E-state index contributed by atoms with van der Waals surface area (Å²) in [6, 6.07) is 11.6. The molecule has 1 unspecified atom stereocenters. The van der Waals surface area contributed by atoms with Crippen molar-refractivity contribution in [3.8, 4) is 5.75 Å². The molecular weight excluding hydrogens is 488 g/mol. The SMILES string of the molecule is CCOc1cccc(C2C(S(=O)(=O)c3ccc(C)cc3)=C(O)C(=O)N2c2nc(C)c(C(C)=O)s2)c1. The van der Waals surface area contributed by atoms with Gasteiger partial charge in [0.25, 0.3) is 5.91 Å². The minimum absolute atomic E-state index is 0.0509. The second kappa shape index (κ2) is 9.27. The lowest BCUT2D eigenvalue weighted by Gasteiger charge is -2.25. The number of aryl methyl sites for hydroxylation is 2. The number of hydrogen-bond acceptors (Lipinski definition) is 8. The number of sulfone groups is 1. The molecule has 1 aromatic heterocycles. The van der Waals surface area contributed by atoms with Gasteiger partial charge in [-0.05, 0) is 50.6 Å². The zero-order valence-corrected chi connectivity index (χ0v) is 21.2. The topological polar surface area (TPSA) is 114 Å². The van der Waals surface area contributed by atoms with Crippen molar-refractivity contribution in [3.63, 3.8) is 0 Å². The Morgan fingerprint density at radius 1 is 1.17 bits per heavy atom. The standard InChI is InChI=1S/C25H24N2O6S2/c1-5-33-18-8-6-7-17(13-18)20-23(35(31,32)19-11-9-14(2)10-12-19)21(29)24(30)27(20)25-26-15(3)22(34-25)16(4)28/h6-13,20,29H,5H2,1-4H3. The predicted molar refractivity (Wildman–Crippen MR) is 133 cm³/mol. The second-order valence-electron chi connectivity index (χ2n) is 8.08. The average Bonchev–Trinajstić information content (AvgIpc) is 3.32. The number of nitrogens with zero attached hydrogens (tertiary/aromatic N) is 2. The van der Waals surface area contributed by atoms with E-state index in [1.807, 2.05) is 13.8 Å². The van der Waals surface area contributed by atoms with E-state index >= 15 is 0 Å². The van der Waals surface area contributed by atoms with E-state index in [2.05, 4.69) is 4.98 Å². The number of ketones is 1. The molecule has 0 aliphatic carbocycles. The number of aromatic nitrogens is 1. The Morgan fingerprint density at radius 3 is 2.46 bits per heavy atom. The Balaban J connectivity index is 1.95. The smallest absolute Gasteiger partial charge is 0.296 e. The maximum Gasteiger partial charge on any atom is 0.296 e. The first-order chi connectivity index (χ1) is 16.6. The van der Waals surface area contributed by atoms with Crippen LogP contribution in [0.25, 0.3) is 0 Å². The van der Waals surface area contributed by atoms with Crippen LogP contribution in [-0.4, -0.2) is 36.8 Å². The van der Waals surface area contributed by atoms with Crippen LogP contribution in [-0.2, 0) is 14.6 Å². The molecule has 10 heteroatoms. The van der Waals surface area contributed by atoms with E-state index in [9.17, 15) is 23.1 Å². The molecule has 4 rings (SSSR count). The highest BCUT2D eigenvalue weighted by atomic mass is 32.2. The van der Waals surface area contributed by atoms with Crippen molar-refractivity contribution in [2.75, 3.05) is 11.5 Å². The number of carbonyl (C=O) groups is 2. The first-order valence-electron chi connectivity index (χ1n) is 10.9. The zero-order valence-electron chi connectivity index (χ0n) is 19.6. The number of amides is 1. The number of benzene rings is 2. The first kappa shape index (κ1) is 24.6. The van der Waals surface area contributed by atoms with Gasteiger partial charge in [0.05, 0.1) is 22.1 Å². The fourth-order valence-corrected chi connectivity index (χ4v) is 6.57. The van der Waals surface area contributed by atoms with Crippen LogP contribution in [0.1, 0.15) is 46.4 Å². The normalized spacial score (nSPS) is 16.2. The Labute approximate surface area is 207 Å². The molecule has 0 fully saturated rings. The van der Waals surface area contributed by atoms with Gasteiger partial charge in [0.1, 0.15) is 16.7 Å². The van der Waals surface area contributed by atoms with Gasteiger partial charge < -0.3 is 9.84 Å². The summed E-state index contributed by atoms with van der Waals surface area (Å²) in [5, 5.41) is 11.0. The van der Waals surface area contributed by atoms with E-state index in [4.69, 9.17) is 4.74 Å². The monoisotopic (exact) mass is 512 g/mol. The third-order valence-electron chi connectivity index (χ3n) is 5.58. The summed E-state index contributed by atoms with van der Waals surface area (Å²) < 4.78 is 33.1. The summed E-state index contributed by atoms with van der Waals surface area (Å²) in [5.41, 5.74) is 1.69. The number of hydrogen-bond donors (Lipinski definition) is 1. The van der Waals surface area contributed by atoms with Crippen LogP contribution in [0, 0.1) is 13.8 Å².